The van der Waals surface area contributed by atoms with E-state index in [9.17, 15) is 19.5 Å². The zero-order valence-electron chi connectivity index (χ0n) is 18.4. The zero-order valence-corrected chi connectivity index (χ0v) is 18.4. The van der Waals surface area contributed by atoms with Gasteiger partial charge in [-0.05, 0) is 39.2 Å². The first-order valence-corrected chi connectivity index (χ1v) is 11.3. The first-order chi connectivity index (χ1) is 14.0. The molecule has 8 heteroatoms. The van der Waals surface area contributed by atoms with Crippen molar-refractivity contribution in [3.63, 3.8) is 0 Å². The van der Waals surface area contributed by atoms with Gasteiger partial charge in [0.1, 0.15) is 6.04 Å². The Bertz CT molecular complexity index is 463. The zero-order chi connectivity index (χ0) is 21.9. The predicted octanol–water partition coefficient (Wildman–Crippen LogP) is 3.14. The molecule has 0 heterocycles. The summed E-state index contributed by atoms with van der Waals surface area (Å²) in [6.45, 7) is 4.65. The van der Waals surface area contributed by atoms with Crippen molar-refractivity contribution in [2.75, 3.05) is 13.2 Å². The molecule has 0 saturated carbocycles. The number of esters is 1. The molecule has 0 aromatic heterocycles. The Morgan fingerprint density at radius 3 is 2.00 bits per heavy atom. The van der Waals surface area contributed by atoms with Crippen molar-refractivity contribution in [1.29, 1.82) is 0 Å². The van der Waals surface area contributed by atoms with E-state index >= 15 is 0 Å². The van der Waals surface area contributed by atoms with Gasteiger partial charge in [0.25, 0.3) is 0 Å². The number of carboxylic acid groups (broad SMARTS) is 1. The van der Waals surface area contributed by atoms with Crippen LogP contribution in [0, 0.1) is 5.92 Å². The van der Waals surface area contributed by atoms with Gasteiger partial charge in [0.05, 0.1) is 12.5 Å². The number of ether oxygens (including phenoxy) is 1. The second-order valence-electron chi connectivity index (χ2n) is 7.66. The number of nitrogens with two attached hydrogens (primary N) is 1. The number of amides is 1. The molecule has 30 heavy (non-hydrogen) atoms. The third-order valence-electron chi connectivity index (χ3n) is 5.04. The van der Waals surface area contributed by atoms with E-state index in [0.29, 0.717) is 25.8 Å². The van der Waals surface area contributed by atoms with Crippen molar-refractivity contribution < 1.29 is 24.2 Å². The molecule has 2 atom stereocenters. The fraction of sp³-hybridized carbons (Fsp3) is 0.864. The van der Waals surface area contributed by atoms with Crippen molar-refractivity contribution in [3.8, 4) is 0 Å². The number of unbranched alkanes of at least 4 members (excludes halogenated alkanes) is 8. The Labute approximate surface area is 225 Å². The maximum absolute atomic E-state index is 12.3. The number of carboxylic acids is 1. The summed E-state index contributed by atoms with van der Waals surface area (Å²) in [7, 11) is 0. The van der Waals surface area contributed by atoms with E-state index < -0.39 is 29.8 Å². The van der Waals surface area contributed by atoms with Gasteiger partial charge in [-0.25, -0.2) is 4.79 Å². The molecular weight excluding hydrogens is 411 g/mol. The van der Waals surface area contributed by atoms with E-state index in [4.69, 9.17) is 10.5 Å². The molecule has 0 fully saturated rings. The molecule has 172 valence electrons. The van der Waals surface area contributed by atoms with Crippen LogP contribution in [0.5, 0.6) is 0 Å². The number of hydrogen-bond acceptors (Lipinski definition) is 5. The van der Waals surface area contributed by atoms with Gasteiger partial charge < -0.3 is 20.9 Å². The van der Waals surface area contributed by atoms with Gasteiger partial charge in [-0.1, -0.05) is 58.3 Å². The van der Waals surface area contributed by atoms with Gasteiger partial charge in [-0.3, -0.25) is 9.59 Å². The minimum absolute atomic E-state index is 0. The summed E-state index contributed by atoms with van der Waals surface area (Å²) in [5.74, 6) is -2.57. The second kappa shape index (κ2) is 22.2. The molecule has 1 unspecified atom stereocenters. The van der Waals surface area contributed by atoms with Crippen LogP contribution in [-0.2, 0) is 19.1 Å². The Morgan fingerprint density at radius 2 is 1.47 bits per heavy atom. The summed E-state index contributed by atoms with van der Waals surface area (Å²) >= 11 is 0. The Kier molecular flexibility index (Phi) is 23.8. The molecule has 0 bridgehead atoms. The van der Waals surface area contributed by atoms with Crippen molar-refractivity contribution in [2.24, 2.45) is 11.7 Å². The van der Waals surface area contributed by atoms with E-state index in [1.165, 1.54) is 32.1 Å². The predicted molar refractivity (Wildman–Crippen MR) is 122 cm³/mol. The van der Waals surface area contributed by atoms with Crippen LogP contribution in [0.3, 0.4) is 0 Å². The number of aliphatic carboxylic acids is 1. The van der Waals surface area contributed by atoms with Crippen molar-refractivity contribution >= 4 is 69.2 Å². The van der Waals surface area contributed by atoms with Crippen LogP contribution in [0.15, 0.2) is 0 Å². The average Bonchev–Trinajstić information content (AvgIpc) is 2.68. The molecule has 0 aromatic rings. The first-order valence-electron chi connectivity index (χ1n) is 11.3. The molecule has 0 aliphatic rings. The molecule has 7 nitrogen and oxygen atoms in total. The molecule has 0 aromatic carbocycles. The first kappa shape index (κ1) is 32.2. The normalized spacial score (nSPS) is 12.5. The van der Waals surface area contributed by atoms with Gasteiger partial charge in [0.2, 0.25) is 5.91 Å². The Hall–Kier alpha value is 0.00636. The van der Waals surface area contributed by atoms with Crippen molar-refractivity contribution in [3.05, 3.63) is 0 Å². The van der Waals surface area contributed by atoms with E-state index in [2.05, 4.69) is 12.2 Å². The molecule has 0 aliphatic heterocycles. The number of nitrogens with one attached hydrogen (secondary N) is 1. The number of hydrogen-bond donors (Lipinski definition) is 3. The van der Waals surface area contributed by atoms with Crippen molar-refractivity contribution in [1.82, 2.24) is 5.32 Å². The van der Waals surface area contributed by atoms with Gasteiger partial charge in [-0.2, -0.15) is 0 Å². The molecule has 1 amide bonds. The summed E-state index contributed by atoms with van der Waals surface area (Å²) in [5.41, 5.74) is 5.48. The molecule has 0 rings (SSSR count). The quantitative estimate of drug-likeness (QED) is 0.157. The molecule has 0 radical (unpaired) electrons. The summed E-state index contributed by atoms with van der Waals surface area (Å²) in [6.07, 6.45) is 11.3. The fourth-order valence-corrected chi connectivity index (χ4v) is 3.30. The van der Waals surface area contributed by atoms with Crippen LogP contribution in [0.4, 0.5) is 0 Å². The van der Waals surface area contributed by atoms with Gasteiger partial charge in [0, 0.05) is 6.42 Å². The van der Waals surface area contributed by atoms with Crippen molar-refractivity contribution in [2.45, 2.75) is 103 Å². The third-order valence-corrected chi connectivity index (χ3v) is 5.04. The average molecular weight is 455 g/mol. The molecular formula is C22H43KN2O5. The Balaban J connectivity index is 0. The standard InChI is InChI=1S/C22H42N2O5.K.H/c1-3-5-6-7-8-9-10-11-14-18(21(26)27)17-20(25)24-19(15-12-13-16-23)22(28)29-4-2;;/h18-19H,3-17,23H2,1-2H3,(H,24,25)(H,26,27);;/t18?,19-;;/m0../s1. The second-order valence-corrected chi connectivity index (χ2v) is 7.66. The third kappa shape index (κ3) is 17.7. The van der Waals surface area contributed by atoms with Crippen LogP contribution in [0.1, 0.15) is 97.3 Å². The van der Waals surface area contributed by atoms with Crippen LogP contribution < -0.4 is 11.1 Å². The van der Waals surface area contributed by atoms with Gasteiger partial charge in [-0.15, -0.1) is 0 Å². The molecule has 4 N–H and O–H groups in total. The summed E-state index contributed by atoms with van der Waals surface area (Å²) in [4.78, 5) is 35.9. The van der Waals surface area contributed by atoms with E-state index in [1.54, 1.807) is 6.92 Å². The molecule has 0 spiro atoms. The summed E-state index contributed by atoms with van der Waals surface area (Å²) < 4.78 is 5.01. The minimum atomic E-state index is -0.959. The summed E-state index contributed by atoms with van der Waals surface area (Å²) in [5, 5.41) is 12.1. The van der Waals surface area contributed by atoms with E-state index in [0.717, 1.165) is 25.7 Å². The van der Waals surface area contributed by atoms with Gasteiger partial charge >= 0.3 is 63.3 Å². The maximum atomic E-state index is 12.3. The van der Waals surface area contributed by atoms with E-state index in [-0.39, 0.29) is 64.4 Å². The van der Waals surface area contributed by atoms with Crippen LogP contribution in [-0.4, -0.2) is 93.5 Å². The van der Waals surface area contributed by atoms with Crippen LogP contribution in [0.25, 0.3) is 0 Å². The van der Waals surface area contributed by atoms with E-state index in [1.807, 2.05) is 0 Å². The topological polar surface area (TPSA) is 119 Å². The van der Waals surface area contributed by atoms with Gasteiger partial charge in [0.15, 0.2) is 0 Å². The molecule has 0 saturated heterocycles. The molecule has 0 aliphatic carbocycles. The number of rotatable bonds is 19. The van der Waals surface area contributed by atoms with Crippen LogP contribution >= 0.6 is 0 Å². The fourth-order valence-electron chi connectivity index (χ4n) is 3.30. The van der Waals surface area contributed by atoms with Crippen LogP contribution in [0.2, 0.25) is 0 Å². The monoisotopic (exact) mass is 454 g/mol. The number of carbonyl (C=O) groups excluding carboxylic acids is 2. The number of carbonyl (C=O) groups is 3. The summed E-state index contributed by atoms with van der Waals surface area (Å²) in [6, 6.07) is -0.744. The Morgan fingerprint density at radius 1 is 0.900 bits per heavy atom. The SMILES string of the molecule is CCCCCCCCCCC(CC(=O)N[C@@H](CCCCN)C(=O)OCC)C(=O)O.[KH].